The molecule has 0 bridgehead atoms. The second-order valence-corrected chi connectivity index (χ2v) is 7.26. The van der Waals surface area contributed by atoms with Crippen molar-refractivity contribution in [3.8, 4) is 11.5 Å². The number of methoxy groups -OCH3 is 2. The van der Waals surface area contributed by atoms with Crippen LogP contribution in [0.5, 0.6) is 11.5 Å². The van der Waals surface area contributed by atoms with E-state index in [0.717, 1.165) is 0 Å². The first-order valence-corrected chi connectivity index (χ1v) is 9.86. The Morgan fingerprint density at radius 2 is 1.21 bits per heavy atom. The molecule has 150 valence electrons. The zero-order chi connectivity index (χ0) is 20.7. The fourth-order valence-electron chi connectivity index (χ4n) is 2.14. The van der Waals surface area contributed by atoms with Gasteiger partial charge in [0.05, 0.1) is 24.3 Å². The highest BCUT2D eigenvalue weighted by molar-refractivity contribution is 7.33. The van der Waals surface area contributed by atoms with Crippen LogP contribution in [0.1, 0.15) is 20.7 Å². The molecule has 0 aromatic heterocycles. The van der Waals surface area contributed by atoms with Gasteiger partial charge in [-0.2, -0.15) is 0 Å². The Kier molecular flexibility index (Phi) is 8.48. The van der Waals surface area contributed by atoms with Crippen molar-refractivity contribution in [2.24, 2.45) is 0 Å². The predicted molar refractivity (Wildman–Crippen MR) is 106 cm³/mol. The van der Waals surface area contributed by atoms with Crippen LogP contribution in [0.2, 0.25) is 10.0 Å². The van der Waals surface area contributed by atoms with Gasteiger partial charge in [0.15, 0.2) is 11.6 Å². The zero-order valence-corrected chi connectivity index (χ0v) is 17.5. The highest BCUT2D eigenvalue weighted by atomic mass is 35.5. The Morgan fingerprint density at radius 3 is 1.54 bits per heavy atom. The third kappa shape index (κ3) is 6.06. The van der Waals surface area contributed by atoms with Crippen LogP contribution >= 0.6 is 31.5 Å². The number of hydrogen-bond acceptors (Lipinski definition) is 7. The Balaban J connectivity index is 1.85. The maximum atomic E-state index is 12.1. The Labute approximate surface area is 172 Å². The molecule has 0 aliphatic heterocycles. The summed E-state index contributed by atoms with van der Waals surface area (Å²) in [7, 11) is -0.127. The first-order valence-electron chi connectivity index (χ1n) is 7.88. The molecule has 0 saturated carbocycles. The maximum Gasteiger partial charge on any atom is 0.320 e. The van der Waals surface area contributed by atoms with Gasteiger partial charge in [0.2, 0.25) is 0 Å². The van der Waals surface area contributed by atoms with Gasteiger partial charge in [0, 0.05) is 11.1 Å². The molecule has 0 fully saturated rings. The number of rotatable bonds is 10. The highest BCUT2D eigenvalue weighted by Crippen LogP contribution is 2.28. The summed E-state index contributed by atoms with van der Waals surface area (Å²) in [5.74, 6) is 0.0171. The van der Waals surface area contributed by atoms with Gasteiger partial charge in [-0.1, -0.05) is 23.2 Å². The molecular formula is C18H17Cl2O7P. The summed E-state index contributed by atoms with van der Waals surface area (Å²) >= 11 is 12.0. The van der Waals surface area contributed by atoms with Gasteiger partial charge < -0.3 is 18.5 Å². The Bertz CT molecular complexity index is 830. The third-order valence-electron chi connectivity index (χ3n) is 3.60. The molecule has 2 aromatic carbocycles. The monoisotopic (exact) mass is 446 g/mol. The summed E-state index contributed by atoms with van der Waals surface area (Å²) in [6.45, 7) is -1.03. The van der Waals surface area contributed by atoms with Crippen LogP contribution in [-0.2, 0) is 13.6 Å². The van der Waals surface area contributed by atoms with Crippen molar-refractivity contribution in [3.05, 3.63) is 57.6 Å². The molecule has 0 spiro atoms. The van der Waals surface area contributed by atoms with Gasteiger partial charge in [-0.25, -0.2) is 0 Å². The zero-order valence-electron chi connectivity index (χ0n) is 15.0. The van der Waals surface area contributed by atoms with Crippen LogP contribution in [0.25, 0.3) is 0 Å². The van der Waals surface area contributed by atoms with E-state index in [4.69, 9.17) is 41.7 Å². The highest BCUT2D eigenvalue weighted by Gasteiger charge is 2.16. The van der Waals surface area contributed by atoms with Gasteiger partial charge in [-0.15, -0.1) is 0 Å². The molecule has 0 N–H and O–H groups in total. The maximum absolute atomic E-state index is 12.1. The minimum Gasteiger partial charge on any atom is -0.497 e. The largest absolute Gasteiger partial charge is 0.497 e. The van der Waals surface area contributed by atoms with Gasteiger partial charge in [0.25, 0.3) is 0 Å². The molecule has 28 heavy (non-hydrogen) atoms. The van der Waals surface area contributed by atoms with E-state index in [9.17, 15) is 14.2 Å². The van der Waals surface area contributed by atoms with E-state index in [0.29, 0.717) is 11.5 Å². The average molecular weight is 447 g/mol. The first-order chi connectivity index (χ1) is 13.3. The molecule has 0 aliphatic rings. The van der Waals surface area contributed by atoms with Crippen molar-refractivity contribution in [1.82, 2.24) is 0 Å². The normalized spacial score (nSPS) is 10.8. The van der Waals surface area contributed by atoms with E-state index >= 15 is 0 Å². The summed E-state index contributed by atoms with van der Waals surface area (Å²) in [4.78, 5) is 24.2. The molecule has 0 heterocycles. The summed E-state index contributed by atoms with van der Waals surface area (Å²) in [6, 6.07) is 9.03. The van der Waals surface area contributed by atoms with E-state index < -0.39 is 33.0 Å². The first kappa shape index (κ1) is 22.4. The molecule has 10 heteroatoms. The number of halogens is 2. The van der Waals surface area contributed by atoms with Crippen molar-refractivity contribution < 1.29 is 32.7 Å². The van der Waals surface area contributed by atoms with E-state index in [2.05, 4.69) is 0 Å². The van der Waals surface area contributed by atoms with Crippen molar-refractivity contribution >= 4 is 43.0 Å². The van der Waals surface area contributed by atoms with E-state index in [1.807, 2.05) is 0 Å². The number of ketones is 2. The second kappa shape index (κ2) is 10.6. The van der Waals surface area contributed by atoms with Crippen molar-refractivity contribution in [2.45, 2.75) is 0 Å². The van der Waals surface area contributed by atoms with Crippen molar-refractivity contribution in [2.75, 3.05) is 27.4 Å². The fourth-order valence-corrected chi connectivity index (χ4v) is 3.28. The third-order valence-corrected chi connectivity index (χ3v) is 4.98. The van der Waals surface area contributed by atoms with Crippen LogP contribution in [0.15, 0.2) is 36.4 Å². The molecule has 2 aromatic rings. The molecule has 0 unspecified atom stereocenters. The number of hydrogen-bond donors (Lipinski definition) is 0. The summed E-state index contributed by atoms with van der Waals surface area (Å²) in [5, 5.41) is 0.357. The van der Waals surface area contributed by atoms with Crippen LogP contribution in [0.3, 0.4) is 0 Å². The van der Waals surface area contributed by atoms with E-state index in [-0.39, 0.29) is 21.2 Å². The molecule has 0 saturated heterocycles. The van der Waals surface area contributed by atoms with Crippen LogP contribution in [-0.4, -0.2) is 39.0 Å². The summed E-state index contributed by atoms with van der Waals surface area (Å²) in [5.41, 5.74) is 0.386. The average Bonchev–Trinajstić information content (AvgIpc) is 2.69. The lowest BCUT2D eigenvalue weighted by atomic mass is 10.1. The van der Waals surface area contributed by atoms with Gasteiger partial charge in [-0.3, -0.25) is 14.2 Å². The minimum atomic E-state index is -3.07. The fraction of sp³-hybridized carbons (Fsp3) is 0.222. The smallest absolute Gasteiger partial charge is 0.320 e. The molecule has 0 radical (unpaired) electrons. The predicted octanol–water partition coefficient (Wildman–Crippen LogP) is 4.50. The Hall–Kier alpha value is -1.89. The molecular weight excluding hydrogens is 430 g/mol. The molecule has 0 aliphatic carbocycles. The second-order valence-electron chi connectivity index (χ2n) is 5.37. The number of Topliss-reactive ketones (excluding diaryl/α,β-unsaturated/α-hetero) is 2. The topological polar surface area (TPSA) is 88.1 Å². The van der Waals surface area contributed by atoms with E-state index in [1.165, 1.54) is 38.5 Å². The van der Waals surface area contributed by atoms with Gasteiger partial charge in [0.1, 0.15) is 24.7 Å². The number of ether oxygens (including phenoxy) is 2. The van der Waals surface area contributed by atoms with Crippen molar-refractivity contribution in [3.63, 3.8) is 0 Å². The Morgan fingerprint density at radius 1 is 0.821 bits per heavy atom. The molecule has 0 atom stereocenters. The number of carbonyl (C=O) groups excluding carboxylic acids is 2. The summed E-state index contributed by atoms with van der Waals surface area (Å²) < 4.78 is 31.6. The standard InChI is InChI=1S/C18H17Cl2O7P/c1-24-11-3-5-13(15(19)7-11)17(21)9-26-28(23)27-10-18(22)14-6-4-12(25-2)8-16(14)20/h3-8,28H,9-10H2,1-2H3. The number of benzene rings is 2. The quantitative estimate of drug-likeness (QED) is 0.392. The lowest BCUT2D eigenvalue weighted by Gasteiger charge is -2.08. The van der Waals surface area contributed by atoms with Crippen LogP contribution < -0.4 is 9.47 Å². The summed E-state index contributed by atoms with van der Waals surface area (Å²) in [6.07, 6.45) is 0. The number of carbonyl (C=O) groups is 2. The lowest BCUT2D eigenvalue weighted by molar-refractivity contribution is 0.0877. The van der Waals surface area contributed by atoms with Gasteiger partial charge >= 0.3 is 8.25 Å². The minimum absolute atomic E-state index is 0.179. The van der Waals surface area contributed by atoms with Gasteiger partial charge in [-0.05, 0) is 36.4 Å². The SMILES string of the molecule is COc1ccc(C(=O)CO[PH](=O)OCC(=O)c2ccc(OC)cc2Cl)c(Cl)c1. The molecule has 2 rings (SSSR count). The lowest BCUT2D eigenvalue weighted by Crippen LogP contribution is -2.10. The van der Waals surface area contributed by atoms with E-state index in [1.54, 1.807) is 12.1 Å². The molecule has 0 amide bonds. The van der Waals surface area contributed by atoms with Crippen LogP contribution in [0.4, 0.5) is 0 Å². The molecule has 7 nitrogen and oxygen atoms in total. The van der Waals surface area contributed by atoms with Crippen molar-refractivity contribution in [1.29, 1.82) is 0 Å². The van der Waals surface area contributed by atoms with Crippen LogP contribution in [0, 0.1) is 0 Å².